The largest absolute Gasteiger partial charge is 0.458 e. The molecule has 0 saturated carbocycles. The Kier molecular flexibility index (Phi) is 4.72. The fraction of sp³-hybridized carbons (Fsp3) is 0.300. The Labute approximate surface area is 182 Å². The molecule has 0 saturated heterocycles. The van der Waals surface area contributed by atoms with Crippen LogP contribution in [0.25, 0.3) is 11.0 Å². The van der Waals surface area contributed by atoms with E-state index in [-0.39, 0.29) is 29.1 Å². The molecule has 1 amide bonds. The summed E-state index contributed by atoms with van der Waals surface area (Å²) < 4.78 is 73.1. The number of fused-ring (bicyclic) bond motifs is 2. The number of nitrogens with one attached hydrogen (secondary N) is 1. The Balaban J connectivity index is 1.63. The molecule has 33 heavy (non-hydrogen) atoms. The minimum Gasteiger partial charge on any atom is -0.458 e. The quantitative estimate of drug-likeness (QED) is 0.461. The summed E-state index contributed by atoms with van der Waals surface area (Å²) in [6.07, 6.45) is -5.83. The SMILES string of the molecule is Cn1nc(C(F)F)nc1C(=O)N1CCc2[nH]cnc2[C@@H]1c1cc2cccc(C(F)(F)F)c2o1. The highest BCUT2D eigenvalue weighted by molar-refractivity contribution is 5.91. The molecule has 172 valence electrons. The molecule has 1 aromatic carbocycles. The van der Waals surface area contributed by atoms with Gasteiger partial charge in [-0.2, -0.15) is 13.2 Å². The van der Waals surface area contributed by atoms with Crippen molar-refractivity contribution >= 4 is 16.9 Å². The number of halogens is 5. The van der Waals surface area contributed by atoms with Crippen molar-refractivity contribution in [3.63, 3.8) is 0 Å². The van der Waals surface area contributed by atoms with Crippen molar-refractivity contribution in [1.82, 2.24) is 29.6 Å². The summed E-state index contributed by atoms with van der Waals surface area (Å²) >= 11 is 0. The number of hydrogen-bond acceptors (Lipinski definition) is 5. The lowest BCUT2D eigenvalue weighted by Gasteiger charge is -2.33. The van der Waals surface area contributed by atoms with E-state index in [0.29, 0.717) is 17.8 Å². The number of H-pyrrole nitrogens is 1. The Morgan fingerprint density at radius 3 is 2.79 bits per heavy atom. The highest BCUT2D eigenvalue weighted by Crippen LogP contribution is 2.41. The van der Waals surface area contributed by atoms with E-state index in [9.17, 15) is 26.7 Å². The molecule has 0 radical (unpaired) electrons. The maximum atomic E-state index is 13.5. The predicted molar refractivity (Wildman–Crippen MR) is 102 cm³/mol. The molecule has 0 bridgehead atoms. The van der Waals surface area contributed by atoms with Crippen LogP contribution >= 0.6 is 0 Å². The van der Waals surface area contributed by atoms with Crippen molar-refractivity contribution < 1.29 is 31.2 Å². The Morgan fingerprint density at radius 2 is 2.09 bits per heavy atom. The number of alkyl halides is 5. The van der Waals surface area contributed by atoms with Crippen LogP contribution in [0.5, 0.6) is 0 Å². The van der Waals surface area contributed by atoms with E-state index in [1.165, 1.54) is 36.5 Å². The van der Waals surface area contributed by atoms with Gasteiger partial charge in [0.05, 0.1) is 17.6 Å². The molecule has 1 atom stereocenters. The van der Waals surface area contributed by atoms with Gasteiger partial charge in [-0.1, -0.05) is 12.1 Å². The van der Waals surface area contributed by atoms with Gasteiger partial charge in [-0.3, -0.25) is 4.79 Å². The number of carbonyl (C=O) groups is 1. The molecular weight excluding hydrogens is 451 g/mol. The monoisotopic (exact) mass is 466 g/mol. The summed E-state index contributed by atoms with van der Waals surface area (Å²) in [6, 6.07) is 4.06. The van der Waals surface area contributed by atoms with Crippen LogP contribution in [0.3, 0.4) is 0 Å². The minimum absolute atomic E-state index is 0.0550. The van der Waals surface area contributed by atoms with E-state index in [4.69, 9.17) is 4.42 Å². The maximum absolute atomic E-state index is 13.5. The third kappa shape index (κ3) is 3.43. The third-order valence-electron chi connectivity index (χ3n) is 5.49. The molecule has 5 rings (SSSR count). The average Bonchev–Trinajstić information content (AvgIpc) is 3.48. The lowest BCUT2D eigenvalue weighted by Crippen LogP contribution is -2.41. The number of rotatable bonds is 3. The van der Waals surface area contributed by atoms with Gasteiger partial charge in [0.15, 0.2) is 0 Å². The summed E-state index contributed by atoms with van der Waals surface area (Å²) in [5, 5.41) is 3.77. The molecular formula is C20H15F5N6O2. The summed E-state index contributed by atoms with van der Waals surface area (Å²) in [7, 11) is 1.31. The molecule has 0 aliphatic carbocycles. The van der Waals surface area contributed by atoms with Crippen molar-refractivity contribution in [2.45, 2.75) is 25.1 Å². The first-order valence-corrected chi connectivity index (χ1v) is 9.77. The van der Waals surface area contributed by atoms with Gasteiger partial charge in [-0.15, -0.1) is 5.10 Å². The van der Waals surface area contributed by atoms with E-state index in [1.807, 2.05) is 0 Å². The van der Waals surface area contributed by atoms with E-state index >= 15 is 0 Å². The van der Waals surface area contributed by atoms with Crippen LogP contribution in [0.1, 0.15) is 51.6 Å². The Bertz CT molecular complexity index is 1350. The second-order valence-electron chi connectivity index (χ2n) is 7.51. The number of nitrogens with zero attached hydrogens (tertiary/aromatic N) is 5. The molecule has 1 aliphatic heterocycles. The molecule has 0 unspecified atom stereocenters. The van der Waals surface area contributed by atoms with Gasteiger partial charge in [0, 0.05) is 31.1 Å². The van der Waals surface area contributed by atoms with Crippen molar-refractivity contribution in [3.05, 3.63) is 65.0 Å². The van der Waals surface area contributed by atoms with Crippen molar-refractivity contribution in [2.24, 2.45) is 7.05 Å². The number of para-hydroxylation sites is 1. The van der Waals surface area contributed by atoms with Crippen LogP contribution in [0.2, 0.25) is 0 Å². The van der Waals surface area contributed by atoms with Crippen LogP contribution in [0.15, 0.2) is 35.0 Å². The lowest BCUT2D eigenvalue weighted by atomic mass is 10.00. The first kappa shape index (κ1) is 21.1. The van der Waals surface area contributed by atoms with Gasteiger partial charge in [0.2, 0.25) is 11.6 Å². The summed E-state index contributed by atoms with van der Waals surface area (Å²) in [5.41, 5.74) is -0.240. The zero-order chi connectivity index (χ0) is 23.5. The number of furan rings is 1. The first-order chi connectivity index (χ1) is 15.6. The standard InChI is InChI=1S/C20H15F5N6O2/c1-30-18(28-17(29-30)16(21)22)19(32)31-6-5-11-13(27-8-26-11)14(31)12-7-9-3-2-4-10(15(9)33-12)20(23,24)25/h2-4,7-8,14,16H,5-6H2,1H3,(H,26,27)/t14-/m0/s1. The molecule has 0 spiro atoms. The minimum atomic E-state index is -4.64. The highest BCUT2D eigenvalue weighted by Gasteiger charge is 2.40. The number of aromatic amines is 1. The summed E-state index contributed by atoms with van der Waals surface area (Å²) in [4.78, 5) is 25.4. The number of hydrogen-bond donors (Lipinski definition) is 1. The molecule has 4 heterocycles. The number of aryl methyl sites for hydroxylation is 1. The van der Waals surface area contributed by atoms with Crippen molar-refractivity contribution in [1.29, 1.82) is 0 Å². The van der Waals surface area contributed by atoms with Gasteiger partial charge < -0.3 is 14.3 Å². The van der Waals surface area contributed by atoms with Crippen LogP contribution in [-0.2, 0) is 19.6 Å². The van der Waals surface area contributed by atoms with Crippen LogP contribution in [0, 0.1) is 0 Å². The van der Waals surface area contributed by atoms with E-state index in [2.05, 4.69) is 20.1 Å². The van der Waals surface area contributed by atoms with Gasteiger partial charge >= 0.3 is 6.18 Å². The Morgan fingerprint density at radius 1 is 1.30 bits per heavy atom. The molecule has 0 fully saturated rings. The zero-order valence-electron chi connectivity index (χ0n) is 16.9. The highest BCUT2D eigenvalue weighted by atomic mass is 19.4. The van der Waals surface area contributed by atoms with Crippen molar-refractivity contribution in [2.75, 3.05) is 6.54 Å². The van der Waals surface area contributed by atoms with Gasteiger partial charge in [-0.05, 0) is 12.1 Å². The van der Waals surface area contributed by atoms with E-state index < -0.39 is 35.9 Å². The molecule has 1 aliphatic rings. The topological polar surface area (TPSA) is 92.8 Å². The van der Waals surface area contributed by atoms with Gasteiger partial charge in [0.1, 0.15) is 17.4 Å². The van der Waals surface area contributed by atoms with Gasteiger partial charge in [-0.25, -0.2) is 23.4 Å². The van der Waals surface area contributed by atoms with Crippen LogP contribution < -0.4 is 0 Å². The molecule has 4 aromatic rings. The fourth-order valence-electron chi connectivity index (χ4n) is 4.04. The number of imidazole rings is 1. The smallest absolute Gasteiger partial charge is 0.420 e. The predicted octanol–water partition coefficient (Wildman–Crippen LogP) is 4.03. The zero-order valence-corrected chi connectivity index (χ0v) is 16.9. The molecule has 3 aromatic heterocycles. The van der Waals surface area contributed by atoms with Gasteiger partial charge in [0.25, 0.3) is 12.3 Å². The normalized spacial score (nSPS) is 16.6. The molecule has 8 nitrogen and oxygen atoms in total. The summed E-state index contributed by atoms with van der Waals surface area (Å²) in [5.74, 6) is -1.80. The van der Waals surface area contributed by atoms with Crippen LogP contribution in [-0.4, -0.2) is 42.1 Å². The molecule has 13 heteroatoms. The lowest BCUT2D eigenvalue weighted by molar-refractivity contribution is -0.136. The number of carbonyl (C=O) groups excluding carboxylic acids is 1. The summed E-state index contributed by atoms with van der Waals surface area (Å²) in [6.45, 7) is 0.124. The second-order valence-corrected chi connectivity index (χ2v) is 7.51. The Hall–Kier alpha value is -3.77. The number of benzene rings is 1. The van der Waals surface area contributed by atoms with Crippen molar-refractivity contribution in [3.8, 4) is 0 Å². The van der Waals surface area contributed by atoms with E-state index in [1.54, 1.807) is 0 Å². The van der Waals surface area contributed by atoms with Crippen LogP contribution in [0.4, 0.5) is 22.0 Å². The van der Waals surface area contributed by atoms with E-state index in [0.717, 1.165) is 10.7 Å². The second kappa shape index (κ2) is 7.39. The third-order valence-corrected chi connectivity index (χ3v) is 5.49. The fourth-order valence-corrected chi connectivity index (χ4v) is 4.04. The first-order valence-electron chi connectivity index (χ1n) is 9.77. The number of amides is 1. The number of aromatic nitrogens is 5. The average molecular weight is 466 g/mol. The maximum Gasteiger partial charge on any atom is 0.420 e. The molecule has 1 N–H and O–H groups in total.